The number of carbonyl (C=O) groups excluding carboxylic acids is 2. The number of thioether (sulfide) groups is 1. The Labute approximate surface area is 190 Å². The Bertz CT molecular complexity index is 1230. The van der Waals surface area contributed by atoms with Crippen molar-refractivity contribution in [2.75, 3.05) is 7.11 Å². The summed E-state index contributed by atoms with van der Waals surface area (Å²) in [5.41, 5.74) is 1.07. The number of hydrogen-bond acceptors (Lipinski definition) is 7. The zero-order valence-electron chi connectivity index (χ0n) is 17.3. The lowest BCUT2D eigenvalue weighted by Gasteiger charge is -2.15. The Morgan fingerprint density at radius 2 is 1.97 bits per heavy atom. The number of ether oxygens (including phenoxy) is 1. The van der Waals surface area contributed by atoms with Gasteiger partial charge < -0.3 is 14.2 Å². The van der Waals surface area contributed by atoms with E-state index in [2.05, 4.69) is 16.9 Å². The second-order valence-corrected chi connectivity index (χ2v) is 9.15. The van der Waals surface area contributed by atoms with E-state index in [0.29, 0.717) is 22.5 Å². The Kier molecular flexibility index (Phi) is 7.16. The fraction of sp³-hybridized carbons (Fsp3) is 0.136. The van der Waals surface area contributed by atoms with Crippen molar-refractivity contribution in [1.82, 2.24) is 5.32 Å². The van der Waals surface area contributed by atoms with Crippen LogP contribution in [0.2, 0.25) is 0 Å². The number of carbonyl (C=O) groups is 2. The average Bonchev–Trinajstić information content (AvgIpc) is 3.08. The van der Waals surface area contributed by atoms with Crippen molar-refractivity contribution >= 4 is 44.9 Å². The van der Waals surface area contributed by atoms with Gasteiger partial charge in [0.1, 0.15) is 4.90 Å². The van der Waals surface area contributed by atoms with E-state index in [1.807, 2.05) is 0 Å². The number of amides is 2. The number of amidine groups is 1. The first kappa shape index (κ1) is 23.3. The SMILES string of the molecule is C=CCc1cc(/C=C2/SC(NC(C)=O)=NC2=O)cc(OC)c1OS(=O)(=O)c1ccccc1. The lowest BCUT2D eigenvalue weighted by molar-refractivity contribution is -0.117. The third-order valence-corrected chi connectivity index (χ3v) is 6.30. The highest BCUT2D eigenvalue weighted by Crippen LogP contribution is 2.37. The van der Waals surface area contributed by atoms with Crippen LogP contribution in [0.25, 0.3) is 6.08 Å². The maximum atomic E-state index is 12.7. The van der Waals surface area contributed by atoms with Crippen molar-refractivity contribution in [3.63, 3.8) is 0 Å². The van der Waals surface area contributed by atoms with Crippen molar-refractivity contribution in [1.29, 1.82) is 0 Å². The van der Waals surface area contributed by atoms with Crippen molar-refractivity contribution in [3.05, 3.63) is 71.2 Å². The maximum absolute atomic E-state index is 12.7. The molecule has 0 aromatic heterocycles. The van der Waals surface area contributed by atoms with E-state index in [-0.39, 0.29) is 27.5 Å². The highest BCUT2D eigenvalue weighted by Gasteiger charge is 2.25. The van der Waals surface area contributed by atoms with E-state index in [1.165, 1.54) is 26.2 Å². The zero-order chi connectivity index (χ0) is 23.3. The summed E-state index contributed by atoms with van der Waals surface area (Å²) < 4.78 is 36.3. The summed E-state index contributed by atoms with van der Waals surface area (Å²) >= 11 is 1.03. The molecule has 2 aromatic carbocycles. The van der Waals surface area contributed by atoms with Crippen LogP contribution in [0.1, 0.15) is 18.1 Å². The van der Waals surface area contributed by atoms with Gasteiger partial charge in [0.15, 0.2) is 16.7 Å². The molecule has 1 aliphatic rings. The molecule has 2 aromatic rings. The van der Waals surface area contributed by atoms with E-state index in [0.717, 1.165) is 11.8 Å². The van der Waals surface area contributed by atoms with E-state index in [4.69, 9.17) is 8.92 Å². The van der Waals surface area contributed by atoms with Crippen molar-refractivity contribution in [2.24, 2.45) is 4.99 Å². The van der Waals surface area contributed by atoms with Gasteiger partial charge in [-0.3, -0.25) is 9.59 Å². The Morgan fingerprint density at radius 1 is 1.25 bits per heavy atom. The van der Waals surface area contributed by atoms with Crippen molar-refractivity contribution in [2.45, 2.75) is 18.2 Å². The second-order valence-electron chi connectivity index (χ2n) is 6.57. The second kappa shape index (κ2) is 9.84. The van der Waals surface area contributed by atoms with Gasteiger partial charge in [-0.2, -0.15) is 13.4 Å². The van der Waals surface area contributed by atoms with Crippen LogP contribution in [0.3, 0.4) is 0 Å². The normalized spacial score (nSPS) is 14.8. The minimum atomic E-state index is -4.10. The molecule has 0 radical (unpaired) electrons. The summed E-state index contributed by atoms with van der Waals surface area (Å²) in [5, 5.41) is 2.68. The van der Waals surface area contributed by atoms with Crippen molar-refractivity contribution < 1.29 is 26.9 Å². The summed E-state index contributed by atoms with van der Waals surface area (Å²) in [6.07, 6.45) is 3.47. The minimum absolute atomic E-state index is 0.00778. The van der Waals surface area contributed by atoms with E-state index < -0.39 is 16.0 Å². The van der Waals surface area contributed by atoms with Gasteiger partial charge in [0, 0.05) is 12.5 Å². The van der Waals surface area contributed by atoms with Crippen LogP contribution in [0.5, 0.6) is 11.5 Å². The average molecular weight is 473 g/mol. The number of rotatable bonds is 7. The van der Waals surface area contributed by atoms with Gasteiger partial charge in [0.25, 0.3) is 5.91 Å². The number of aliphatic imine (C=N–C) groups is 1. The molecule has 1 N–H and O–H groups in total. The first-order valence-electron chi connectivity index (χ1n) is 9.35. The summed E-state index contributed by atoms with van der Waals surface area (Å²) in [7, 11) is -2.71. The molecule has 3 rings (SSSR count). The van der Waals surface area contributed by atoms with Gasteiger partial charge in [-0.25, -0.2) is 0 Å². The standard InChI is InChI=1S/C22H20N2O6S2/c1-4-8-16-11-15(13-19-21(26)24-22(31-19)23-14(2)25)12-18(29-3)20(16)30-32(27,28)17-9-6-5-7-10-17/h4-7,9-13H,1,8H2,2-3H3,(H,23,24,25,26)/b19-13+. The predicted octanol–water partition coefficient (Wildman–Crippen LogP) is 3.30. The van der Waals surface area contributed by atoms with Crippen LogP contribution in [0.15, 0.2) is 69.9 Å². The fourth-order valence-corrected chi connectivity index (χ4v) is 4.68. The largest absolute Gasteiger partial charge is 0.493 e. The van der Waals surface area contributed by atoms with E-state index in [1.54, 1.807) is 42.5 Å². The molecule has 32 heavy (non-hydrogen) atoms. The lowest BCUT2D eigenvalue weighted by Crippen LogP contribution is -2.23. The van der Waals surface area contributed by atoms with Crippen LogP contribution >= 0.6 is 11.8 Å². The molecule has 10 heteroatoms. The quantitative estimate of drug-likeness (QED) is 0.374. The van der Waals surface area contributed by atoms with Crippen LogP contribution in [0, 0.1) is 0 Å². The molecule has 0 unspecified atom stereocenters. The summed E-state index contributed by atoms with van der Waals surface area (Å²) in [5.74, 6) is -0.607. The van der Waals surface area contributed by atoms with Gasteiger partial charge in [0.2, 0.25) is 5.91 Å². The monoisotopic (exact) mass is 472 g/mol. The lowest BCUT2D eigenvalue weighted by atomic mass is 10.1. The summed E-state index contributed by atoms with van der Waals surface area (Å²) in [4.78, 5) is 27.5. The van der Waals surface area contributed by atoms with E-state index in [9.17, 15) is 18.0 Å². The molecule has 0 bridgehead atoms. The van der Waals surface area contributed by atoms with Gasteiger partial charge >= 0.3 is 10.1 Å². The topological polar surface area (TPSA) is 111 Å². The number of nitrogens with zero attached hydrogens (tertiary/aromatic N) is 1. The van der Waals surface area contributed by atoms with Crippen LogP contribution in [0.4, 0.5) is 0 Å². The van der Waals surface area contributed by atoms with Crippen molar-refractivity contribution in [3.8, 4) is 11.5 Å². The molecule has 8 nitrogen and oxygen atoms in total. The van der Waals surface area contributed by atoms with Gasteiger partial charge in [-0.15, -0.1) is 6.58 Å². The predicted molar refractivity (Wildman–Crippen MR) is 123 cm³/mol. The molecular formula is C22H20N2O6S2. The molecule has 1 heterocycles. The fourth-order valence-electron chi connectivity index (χ4n) is 2.83. The van der Waals surface area contributed by atoms with Gasteiger partial charge in [-0.05, 0) is 54.1 Å². The number of allylic oxidation sites excluding steroid dienone is 1. The minimum Gasteiger partial charge on any atom is -0.493 e. The molecular weight excluding hydrogens is 452 g/mol. The Balaban J connectivity index is 1.99. The molecule has 2 amide bonds. The number of benzene rings is 2. The first-order chi connectivity index (χ1) is 15.2. The molecule has 0 aliphatic carbocycles. The molecule has 1 aliphatic heterocycles. The van der Waals surface area contributed by atoms with Crippen LogP contribution in [-0.4, -0.2) is 32.5 Å². The number of hydrogen-bond donors (Lipinski definition) is 1. The summed E-state index contributed by atoms with van der Waals surface area (Å²) in [6, 6.07) is 11.0. The van der Waals surface area contributed by atoms with Crippen LogP contribution < -0.4 is 14.2 Å². The highest BCUT2D eigenvalue weighted by molar-refractivity contribution is 8.18. The van der Waals surface area contributed by atoms with Crippen LogP contribution in [-0.2, 0) is 26.1 Å². The molecule has 0 spiro atoms. The molecule has 166 valence electrons. The summed E-state index contributed by atoms with van der Waals surface area (Å²) in [6.45, 7) is 5.04. The smallest absolute Gasteiger partial charge is 0.339 e. The highest BCUT2D eigenvalue weighted by atomic mass is 32.2. The Hall–Kier alpha value is -3.37. The number of nitrogens with one attached hydrogen (secondary N) is 1. The first-order valence-corrected chi connectivity index (χ1v) is 11.6. The van der Waals surface area contributed by atoms with E-state index >= 15 is 0 Å². The molecule has 0 saturated carbocycles. The maximum Gasteiger partial charge on any atom is 0.339 e. The van der Waals surface area contributed by atoms with Gasteiger partial charge in [-0.1, -0.05) is 24.3 Å². The molecule has 0 fully saturated rings. The third kappa shape index (κ3) is 5.45. The Morgan fingerprint density at radius 3 is 2.59 bits per heavy atom. The molecule has 0 saturated heterocycles. The zero-order valence-corrected chi connectivity index (χ0v) is 19.0. The number of methoxy groups -OCH3 is 1. The third-order valence-electron chi connectivity index (χ3n) is 4.16. The van der Waals surface area contributed by atoms with Gasteiger partial charge in [0.05, 0.1) is 12.0 Å². The molecule has 0 atom stereocenters.